The van der Waals surface area contributed by atoms with Crippen molar-refractivity contribution in [3.05, 3.63) is 10.6 Å². The first-order valence-electron chi connectivity index (χ1n) is 7.87. The van der Waals surface area contributed by atoms with Crippen molar-refractivity contribution in [2.24, 2.45) is 11.8 Å². The Morgan fingerprint density at radius 3 is 2.91 bits per heavy atom. The van der Waals surface area contributed by atoms with Gasteiger partial charge in [0.25, 0.3) is 0 Å². The van der Waals surface area contributed by atoms with Gasteiger partial charge >= 0.3 is 6.18 Å². The second-order valence-corrected chi connectivity index (χ2v) is 7.55. The van der Waals surface area contributed by atoms with Crippen molar-refractivity contribution in [3.63, 3.8) is 0 Å². The van der Waals surface area contributed by atoms with Crippen LogP contribution in [0.2, 0.25) is 0 Å². The van der Waals surface area contributed by atoms with E-state index in [0.717, 1.165) is 30.1 Å². The van der Waals surface area contributed by atoms with E-state index in [-0.39, 0.29) is 18.7 Å². The predicted octanol–water partition coefficient (Wildman–Crippen LogP) is 3.44. The first-order valence-corrected chi connectivity index (χ1v) is 8.69. The highest BCUT2D eigenvalue weighted by Gasteiger charge is 2.43. The Labute approximate surface area is 137 Å². The third-order valence-electron chi connectivity index (χ3n) is 4.66. The van der Waals surface area contributed by atoms with Crippen molar-refractivity contribution in [1.82, 2.24) is 9.88 Å². The van der Waals surface area contributed by atoms with E-state index in [9.17, 15) is 18.0 Å². The fourth-order valence-electron chi connectivity index (χ4n) is 3.31. The molecule has 1 fully saturated rings. The first kappa shape index (κ1) is 16.7. The number of rotatable bonds is 2. The van der Waals surface area contributed by atoms with E-state index < -0.39 is 18.0 Å². The summed E-state index contributed by atoms with van der Waals surface area (Å²) in [5, 5.41) is 3.26. The molecule has 1 amide bonds. The molecule has 1 aromatic rings. The SMILES string of the molecule is CN1CCc2nc(NC(=O)[C@@H]3CCC[C@@H](C(F)(F)F)C3)sc2C1. The van der Waals surface area contributed by atoms with Crippen LogP contribution in [0.1, 0.15) is 36.3 Å². The largest absolute Gasteiger partial charge is 0.391 e. The van der Waals surface area contributed by atoms with E-state index in [4.69, 9.17) is 0 Å². The Balaban J connectivity index is 1.63. The molecule has 1 saturated carbocycles. The molecular weight excluding hydrogens is 327 g/mol. The number of alkyl halides is 3. The van der Waals surface area contributed by atoms with E-state index in [1.54, 1.807) is 0 Å². The van der Waals surface area contributed by atoms with Crippen LogP contribution < -0.4 is 5.32 Å². The molecule has 1 aromatic heterocycles. The summed E-state index contributed by atoms with van der Waals surface area (Å²) in [5.74, 6) is -2.25. The van der Waals surface area contributed by atoms with Gasteiger partial charge in [0.15, 0.2) is 5.13 Å². The highest BCUT2D eigenvalue weighted by Crippen LogP contribution is 2.40. The van der Waals surface area contributed by atoms with Crippen LogP contribution in [0.25, 0.3) is 0 Å². The molecule has 2 heterocycles. The number of nitrogens with zero attached hydrogens (tertiary/aromatic N) is 2. The van der Waals surface area contributed by atoms with Gasteiger partial charge < -0.3 is 10.2 Å². The Hall–Kier alpha value is -1.15. The normalized spacial score (nSPS) is 25.9. The molecule has 3 rings (SSSR count). The highest BCUT2D eigenvalue weighted by molar-refractivity contribution is 7.15. The van der Waals surface area contributed by atoms with Crippen LogP contribution in [0.4, 0.5) is 18.3 Å². The van der Waals surface area contributed by atoms with Gasteiger partial charge in [0.1, 0.15) is 0 Å². The number of thiazole rings is 1. The molecular formula is C15H20F3N3OS. The molecule has 0 unspecified atom stereocenters. The Bertz CT molecular complexity index is 587. The van der Waals surface area contributed by atoms with Gasteiger partial charge in [0, 0.05) is 30.3 Å². The number of anilines is 1. The molecule has 4 nitrogen and oxygen atoms in total. The third-order valence-corrected chi connectivity index (χ3v) is 5.66. The summed E-state index contributed by atoms with van der Waals surface area (Å²) in [6, 6.07) is 0. The summed E-state index contributed by atoms with van der Waals surface area (Å²) in [7, 11) is 2.03. The van der Waals surface area contributed by atoms with Crippen molar-refractivity contribution in [2.45, 2.75) is 44.8 Å². The minimum absolute atomic E-state index is 0.108. The fraction of sp³-hybridized carbons (Fsp3) is 0.733. The average Bonchev–Trinajstić information content (AvgIpc) is 2.87. The Kier molecular flexibility index (Phi) is 4.64. The zero-order chi connectivity index (χ0) is 16.6. The van der Waals surface area contributed by atoms with Gasteiger partial charge in [-0.1, -0.05) is 6.42 Å². The monoisotopic (exact) mass is 347 g/mol. The van der Waals surface area contributed by atoms with Gasteiger partial charge in [0.05, 0.1) is 11.6 Å². The van der Waals surface area contributed by atoms with Crippen molar-refractivity contribution < 1.29 is 18.0 Å². The van der Waals surface area contributed by atoms with Crippen molar-refractivity contribution >= 4 is 22.4 Å². The van der Waals surface area contributed by atoms with Gasteiger partial charge in [-0.15, -0.1) is 11.3 Å². The Morgan fingerprint density at radius 2 is 2.17 bits per heavy atom. The summed E-state index contributed by atoms with van der Waals surface area (Å²) >= 11 is 1.43. The van der Waals surface area contributed by atoms with Crippen molar-refractivity contribution in [3.8, 4) is 0 Å². The number of likely N-dealkylation sites (N-methyl/N-ethyl adjacent to an activating group) is 1. The molecule has 1 N–H and O–H groups in total. The van der Waals surface area contributed by atoms with Gasteiger partial charge in [-0.3, -0.25) is 4.79 Å². The van der Waals surface area contributed by atoms with E-state index in [1.807, 2.05) is 7.05 Å². The molecule has 0 bridgehead atoms. The lowest BCUT2D eigenvalue weighted by atomic mass is 9.80. The van der Waals surface area contributed by atoms with Crippen LogP contribution in [-0.2, 0) is 17.8 Å². The number of nitrogens with one attached hydrogen (secondary N) is 1. The maximum atomic E-state index is 12.8. The molecule has 0 aromatic carbocycles. The number of fused-ring (bicyclic) bond motifs is 1. The average molecular weight is 347 g/mol. The van der Waals surface area contributed by atoms with Crippen molar-refractivity contribution in [1.29, 1.82) is 0 Å². The molecule has 0 saturated heterocycles. The second-order valence-electron chi connectivity index (χ2n) is 6.47. The number of hydrogen-bond acceptors (Lipinski definition) is 4. The maximum Gasteiger partial charge on any atom is 0.391 e. The Morgan fingerprint density at radius 1 is 1.39 bits per heavy atom. The van der Waals surface area contributed by atoms with E-state index >= 15 is 0 Å². The molecule has 2 aliphatic rings. The maximum absolute atomic E-state index is 12.8. The zero-order valence-electron chi connectivity index (χ0n) is 12.9. The molecule has 2 atom stereocenters. The lowest BCUT2D eigenvalue weighted by molar-refractivity contribution is -0.185. The van der Waals surface area contributed by atoms with E-state index in [2.05, 4.69) is 15.2 Å². The summed E-state index contributed by atoms with van der Waals surface area (Å²) in [5.41, 5.74) is 1.00. The molecule has 23 heavy (non-hydrogen) atoms. The minimum atomic E-state index is -4.20. The number of carbonyl (C=O) groups excluding carboxylic acids is 1. The van der Waals surface area contributed by atoms with E-state index in [1.165, 1.54) is 11.3 Å². The van der Waals surface area contributed by atoms with Crippen LogP contribution >= 0.6 is 11.3 Å². The van der Waals surface area contributed by atoms with Gasteiger partial charge in [-0.2, -0.15) is 13.2 Å². The van der Waals surface area contributed by atoms with Gasteiger partial charge in [-0.05, 0) is 26.3 Å². The molecule has 1 aliphatic carbocycles. The topological polar surface area (TPSA) is 45.2 Å². The minimum Gasteiger partial charge on any atom is -0.302 e. The molecule has 1 aliphatic heterocycles. The number of aromatic nitrogens is 1. The lowest BCUT2D eigenvalue weighted by Gasteiger charge is -2.29. The van der Waals surface area contributed by atoms with Gasteiger partial charge in [0.2, 0.25) is 5.91 Å². The van der Waals surface area contributed by atoms with Crippen LogP contribution in [0.3, 0.4) is 0 Å². The quantitative estimate of drug-likeness (QED) is 0.891. The number of halogens is 3. The molecule has 8 heteroatoms. The van der Waals surface area contributed by atoms with Gasteiger partial charge in [-0.25, -0.2) is 4.98 Å². The molecule has 0 spiro atoms. The number of amides is 1. The standard InChI is InChI=1S/C15H20F3N3OS/c1-21-6-5-11-12(8-21)23-14(19-11)20-13(22)9-3-2-4-10(7-9)15(16,17)18/h9-10H,2-8H2,1H3,(H,19,20,22)/t9-,10-/m1/s1. The van der Waals surface area contributed by atoms with E-state index in [0.29, 0.717) is 18.0 Å². The summed E-state index contributed by atoms with van der Waals surface area (Å²) in [4.78, 5) is 20.0. The molecule has 0 radical (unpaired) electrons. The van der Waals surface area contributed by atoms with Crippen LogP contribution in [0.15, 0.2) is 0 Å². The molecule has 128 valence electrons. The highest BCUT2D eigenvalue weighted by atomic mass is 32.1. The van der Waals surface area contributed by atoms with Crippen LogP contribution in [-0.4, -0.2) is 35.6 Å². The van der Waals surface area contributed by atoms with Crippen LogP contribution in [0, 0.1) is 11.8 Å². The second kappa shape index (κ2) is 6.39. The third kappa shape index (κ3) is 3.85. The smallest absolute Gasteiger partial charge is 0.302 e. The van der Waals surface area contributed by atoms with Crippen molar-refractivity contribution in [2.75, 3.05) is 18.9 Å². The fourth-order valence-corrected chi connectivity index (χ4v) is 4.40. The summed E-state index contributed by atoms with van der Waals surface area (Å²) < 4.78 is 38.5. The summed E-state index contributed by atoms with van der Waals surface area (Å²) in [6.45, 7) is 1.74. The first-order chi connectivity index (χ1) is 10.8. The lowest BCUT2D eigenvalue weighted by Crippen LogP contribution is -2.34. The zero-order valence-corrected chi connectivity index (χ0v) is 13.8. The number of hydrogen-bond donors (Lipinski definition) is 1. The predicted molar refractivity (Wildman–Crippen MR) is 82.3 cm³/mol. The van der Waals surface area contributed by atoms with Crippen LogP contribution in [0.5, 0.6) is 0 Å². The number of carbonyl (C=O) groups is 1. The summed E-state index contributed by atoms with van der Waals surface area (Å²) in [6.07, 6.45) is -2.37.